The summed E-state index contributed by atoms with van der Waals surface area (Å²) in [5.41, 5.74) is 1.73. The highest BCUT2D eigenvalue weighted by atomic mass is 32.2. The number of likely N-dealkylation sites (tertiary alicyclic amines) is 1. The van der Waals surface area contributed by atoms with Gasteiger partial charge in [-0.15, -0.1) is 11.3 Å². The van der Waals surface area contributed by atoms with Gasteiger partial charge in [-0.25, -0.2) is 13.1 Å². The van der Waals surface area contributed by atoms with Crippen molar-refractivity contribution < 1.29 is 8.42 Å². The Labute approximate surface area is 148 Å². The van der Waals surface area contributed by atoms with Crippen LogP contribution < -0.4 is 4.72 Å². The molecular formula is C18H24N2O2S2. The van der Waals surface area contributed by atoms with Crippen LogP contribution in [0, 0.1) is 13.8 Å². The van der Waals surface area contributed by atoms with Crippen molar-refractivity contribution in [2.75, 3.05) is 19.6 Å². The highest BCUT2D eigenvalue weighted by Crippen LogP contribution is 2.28. The van der Waals surface area contributed by atoms with Crippen LogP contribution in [0.2, 0.25) is 0 Å². The van der Waals surface area contributed by atoms with Crippen LogP contribution in [0.4, 0.5) is 0 Å². The van der Waals surface area contributed by atoms with Crippen molar-refractivity contribution in [3.63, 3.8) is 0 Å². The summed E-state index contributed by atoms with van der Waals surface area (Å²) in [4.78, 5) is 3.99. The minimum atomic E-state index is -3.50. The van der Waals surface area contributed by atoms with E-state index in [0.29, 0.717) is 11.4 Å². The van der Waals surface area contributed by atoms with Crippen molar-refractivity contribution in [1.82, 2.24) is 9.62 Å². The predicted octanol–water partition coefficient (Wildman–Crippen LogP) is 3.48. The Hall–Kier alpha value is -1.21. The molecule has 24 heavy (non-hydrogen) atoms. The predicted molar refractivity (Wildman–Crippen MR) is 99.0 cm³/mol. The zero-order chi connectivity index (χ0) is 17.2. The standard InChI is InChI=1S/C18H24N2O2S2/c1-14-7-8-15(2)18(12-14)24(21,22)19-13-16(17-6-5-11-23-17)20-9-3-4-10-20/h5-8,11-12,16,19H,3-4,9-10,13H2,1-2H3/t16-/m1/s1. The molecule has 1 fully saturated rings. The first-order valence-electron chi connectivity index (χ1n) is 8.32. The fraction of sp³-hybridized carbons (Fsp3) is 0.444. The monoisotopic (exact) mass is 364 g/mol. The van der Waals surface area contributed by atoms with Gasteiger partial charge in [-0.2, -0.15) is 0 Å². The highest BCUT2D eigenvalue weighted by Gasteiger charge is 2.26. The zero-order valence-corrected chi connectivity index (χ0v) is 15.8. The molecule has 0 amide bonds. The van der Waals surface area contributed by atoms with Crippen LogP contribution in [0.25, 0.3) is 0 Å². The van der Waals surface area contributed by atoms with Gasteiger partial charge in [-0.1, -0.05) is 18.2 Å². The van der Waals surface area contributed by atoms with E-state index in [1.165, 1.54) is 17.7 Å². The number of hydrogen-bond acceptors (Lipinski definition) is 4. The second-order valence-electron chi connectivity index (χ2n) is 6.40. The topological polar surface area (TPSA) is 49.4 Å². The summed E-state index contributed by atoms with van der Waals surface area (Å²) in [6, 6.07) is 9.79. The van der Waals surface area contributed by atoms with Crippen molar-refractivity contribution in [3.05, 3.63) is 51.7 Å². The minimum Gasteiger partial charge on any atom is -0.294 e. The maximum Gasteiger partial charge on any atom is 0.240 e. The van der Waals surface area contributed by atoms with Crippen LogP contribution in [0.5, 0.6) is 0 Å². The molecule has 1 saturated heterocycles. The van der Waals surface area contributed by atoms with E-state index in [4.69, 9.17) is 0 Å². The molecule has 4 nitrogen and oxygen atoms in total. The molecule has 1 aromatic carbocycles. The maximum atomic E-state index is 12.8. The molecule has 0 bridgehead atoms. The first-order valence-corrected chi connectivity index (χ1v) is 10.7. The fourth-order valence-electron chi connectivity index (χ4n) is 3.21. The summed E-state index contributed by atoms with van der Waals surface area (Å²) in [6.45, 7) is 6.24. The van der Waals surface area contributed by atoms with E-state index in [9.17, 15) is 8.42 Å². The number of aryl methyl sites for hydroxylation is 2. The van der Waals surface area contributed by atoms with E-state index in [2.05, 4.69) is 21.1 Å². The molecule has 0 radical (unpaired) electrons. The van der Waals surface area contributed by atoms with E-state index >= 15 is 0 Å². The molecule has 1 aromatic heterocycles. The van der Waals surface area contributed by atoms with Crippen LogP contribution in [0.1, 0.15) is 34.9 Å². The molecule has 2 heterocycles. The van der Waals surface area contributed by atoms with Gasteiger partial charge in [0.25, 0.3) is 0 Å². The SMILES string of the molecule is Cc1ccc(C)c(S(=O)(=O)NC[C@H](c2cccs2)N2CCCC2)c1. The van der Waals surface area contributed by atoms with Crippen molar-refractivity contribution in [2.24, 2.45) is 0 Å². The average molecular weight is 365 g/mol. The summed E-state index contributed by atoms with van der Waals surface area (Å²) in [6.07, 6.45) is 2.37. The summed E-state index contributed by atoms with van der Waals surface area (Å²) >= 11 is 1.69. The lowest BCUT2D eigenvalue weighted by atomic mass is 10.2. The summed E-state index contributed by atoms with van der Waals surface area (Å²) in [5, 5.41) is 2.05. The summed E-state index contributed by atoms with van der Waals surface area (Å²) in [7, 11) is -3.50. The van der Waals surface area contributed by atoms with E-state index in [1.807, 2.05) is 32.0 Å². The van der Waals surface area contributed by atoms with Crippen molar-refractivity contribution in [1.29, 1.82) is 0 Å². The minimum absolute atomic E-state index is 0.118. The second-order valence-corrected chi connectivity index (χ2v) is 9.11. The van der Waals surface area contributed by atoms with Crippen LogP contribution >= 0.6 is 11.3 Å². The number of nitrogens with one attached hydrogen (secondary N) is 1. The van der Waals surface area contributed by atoms with Gasteiger partial charge in [0.1, 0.15) is 0 Å². The Bertz CT molecular complexity index is 779. The normalized spacial score (nSPS) is 17.2. The second kappa shape index (κ2) is 7.35. The van der Waals surface area contributed by atoms with E-state index in [0.717, 1.165) is 24.2 Å². The van der Waals surface area contributed by atoms with Gasteiger partial charge in [-0.3, -0.25) is 4.90 Å². The molecule has 0 unspecified atom stereocenters. The van der Waals surface area contributed by atoms with Crippen LogP contribution in [0.3, 0.4) is 0 Å². The van der Waals surface area contributed by atoms with Crippen molar-refractivity contribution in [3.8, 4) is 0 Å². The smallest absolute Gasteiger partial charge is 0.240 e. The highest BCUT2D eigenvalue weighted by molar-refractivity contribution is 7.89. The summed E-state index contributed by atoms with van der Waals surface area (Å²) in [5.74, 6) is 0. The van der Waals surface area contributed by atoms with E-state index < -0.39 is 10.0 Å². The first kappa shape index (κ1) is 17.6. The third-order valence-corrected chi connectivity index (χ3v) is 7.09. The lowest BCUT2D eigenvalue weighted by Crippen LogP contribution is -2.36. The third-order valence-electron chi connectivity index (χ3n) is 4.55. The number of nitrogens with zero attached hydrogens (tertiary/aromatic N) is 1. The number of rotatable bonds is 6. The number of sulfonamides is 1. The quantitative estimate of drug-likeness (QED) is 0.854. The molecule has 1 N–H and O–H groups in total. The molecule has 6 heteroatoms. The third kappa shape index (κ3) is 3.88. The number of hydrogen-bond donors (Lipinski definition) is 1. The zero-order valence-electron chi connectivity index (χ0n) is 14.2. The largest absolute Gasteiger partial charge is 0.294 e. The van der Waals surface area contributed by atoms with Gasteiger partial charge in [-0.05, 0) is 68.4 Å². The number of benzene rings is 1. The molecule has 3 rings (SSSR count). The molecule has 0 spiro atoms. The summed E-state index contributed by atoms with van der Waals surface area (Å²) < 4.78 is 28.4. The molecule has 1 aliphatic rings. The Morgan fingerprint density at radius 3 is 2.62 bits per heavy atom. The first-order chi connectivity index (χ1) is 11.5. The molecule has 1 aliphatic heterocycles. The lowest BCUT2D eigenvalue weighted by molar-refractivity contribution is 0.250. The Balaban J connectivity index is 1.79. The average Bonchev–Trinajstić information content (AvgIpc) is 3.23. The maximum absolute atomic E-state index is 12.8. The van der Waals surface area contributed by atoms with Gasteiger partial charge < -0.3 is 0 Å². The van der Waals surface area contributed by atoms with Gasteiger partial charge in [0.15, 0.2) is 0 Å². The van der Waals surface area contributed by atoms with Gasteiger partial charge >= 0.3 is 0 Å². The van der Waals surface area contributed by atoms with E-state index in [-0.39, 0.29) is 6.04 Å². The van der Waals surface area contributed by atoms with Crippen LogP contribution in [0.15, 0.2) is 40.6 Å². The Morgan fingerprint density at radius 1 is 1.21 bits per heavy atom. The molecule has 2 aromatic rings. The number of thiophene rings is 1. The van der Waals surface area contributed by atoms with Gasteiger partial charge in [0, 0.05) is 11.4 Å². The Kier molecular flexibility index (Phi) is 5.39. The molecule has 0 aliphatic carbocycles. The van der Waals surface area contributed by atoms with Crippen LogP contribution in [-0.4, -0.2) is 33.0 Å². The fourth-order valence-corrected chi connectivity index (χ4v) is 5.43. The molecule has 1 atom stereocenters. The van der Waals surface area contributed by atoms with Crippen molar-refractivity contribution >= 4 is 21.4 Å². The molecule has 0 saturated carbocycles. The molecule has 130 valence electrons. The Morgan fingerprint density at radius 2 is 1.96 bits per heavy atom. The molecular weight excluding hydrogens is 340 g/mol. The van der Waals surface area contributed by atoms with Gasteiger partial charge in [0.2, 0.25) is 10.0 Å². The van der Waals surface area contributed by atoms with Crippen molar-refractivity contribution in [2.45, 2.75) is 37.6 Å². The van der Waals surface area contributed by atoms with Gasteiger partial charge in [0.05, 0.1) is 10.9 Å². The lowest BCUT2D eigenvalue weighted by Gasteiger charge is -2.27. The van der Waals surface area contributed by atoms with E-state index in [1.54, 1.807) is 17.4 Å². The van der Waals surface area contributed by atoms with Crippen LogP contribution in [-0.2, 0) is 10.0 Å².